The van der Waals surface area contributed by atoms with Crippen molar-refractivity contribution in [3.8, 4) is 11.5 Å². The van der Waals surface area contributed by atoms with Gasteiger partial charge in [0, 0.05) is 5.92 Å². The third-order valence-corrected chi connectivity index (χ3v) is 3.59. The van der Waals surface area contributed by atoms with Crippen molar-refractivity contribution in [2.75, 3.05) is 14.2 Å². The maximum atomic E-state index is 11.4. The van der Waals surface area contributed by atoms with Crippen LogP contribution in [0.5, 0.6) is 11.5 Å². The molecule has 2 rings (SSSR count). The molecule has 3 N–H and O–H groups in total. The van der Waals surface area contributed by atoms with Crippen LogP contribution in [0.4, 0.5) is 0 Å². The molecule has 0 radical (unpaired) electrons. The third kappa shape index (κ3) is 3.38. The number of hydrogen-bond donors (Lipinski definition) is 2. The first kappa shape index (κ1) is 15.9. The summed E-state index contributed by atoms with van der Waals surface area (Å²) in [6, 6.07) is 13.4. The molecule has 0 aliphatic carbocycles. The summed E-state index contributed by atoms with van der Waals surface area (Å²) in [4.78, 5) is 11.4. The van der Waals surface area contributed by atoms with E-state index in [1.54, 1.807) is 38.5 Å². The molecule has 116 valence electrons. The van der Waals surface area contributed by atoms with Crippen LogP contribution in [0.15, 0.2) is 48.5 Å². The fourth-order valence-corrected chi connectivity index (χ4v) is 2.37. The second-order valence-electron chi connectivity index (χ2n) is 4.89. The van der Waals surface area contributed by atoms with Gasteiger partial charge in [-0.3, -0.25) is 4.79 Å². The Morgan fingerprint density at radius 3 is 1.55 bits per heavy atom. The van der Waals surface area contributed by atoms with Gasteiger partial charge in [-0.2, -0.15) is 0 Å². The van der Waals surface area contributed by atoms with Crippen molar-refractivity contribution in [3.05, 3.63) is 59.7 Å². The number of rotatable bonds is 6. The number of nitrogens with two attached hydrogens (primary N) is 1. The highest BCUT2D eigenvalue weighted by molar-refractivity contribution is 5.75. The van der Waals surface area contributed by atoms with Gasteiger partial charge in [0.1, 0.15) is 17.5 Å². The van der Waals surface area contributed by atoms with Crippen LogP contribution in [-0.2, 0) is 4.79 Å². The van der Waals surface area contributed by atoms with Gasteiger partial charge in [-0.15, -0.1) is 0 Å². The highest BCUT2D eigenvalue weighted by Crippen LogP contribution is 2.30. The minimum Gasteiger partial charge on any atom is -0.497 e. The number of aliphatic carboxylic acids is 1. The fourth-order valence-electron chi connectivity index (χ4n) is 2.37. The zero-order valence-corrected chi connectivity index (χ0v) is 12.5. The van der Waals surface area contributed by atoms with Gasteiger partial charge in [0.15, 0.2) is 0 Å². The van der Waals surface area contributed by atoms with Crippen molar-refractivity contribution in [1.29, 1.82) is 0 Å². The number of carboxylic acid groups (broad SMARTS) is 1. The lowest BCUT2D eigenvalue weighted by molar-refractivity contribution is -0.138. The number of hydrogen-bond acceptors (Lipinski definition) is 4. The van der Waals surface area contributed by atoms with Crippen LogP contribution in [0.3, 0.4) is 0 Å². The lowest BCUT2D eigenvalue weighted by Gasteiger charge is -2.22. The monoisotopic (exact) mass is 301 g/mol. The van der Waals surface area contributed by atoms with Crippen LogP contribution in [-0.4, -0.2) is 31.3 Å². The van der Waals surface area contributed by atoms with Gasteiger partial charge >= 0.3 is 5.97 Å². The van der Waals surface area contributed by atoms with E-state index in [0.29, 0.717) is 11.5 Å². The lowest BCUT2D eigenvalue weighted by atomic mass is 9.85. The van der Waals surface area contributed by atoms with E-state index in [9.17, 15) is 9.90 Å². The molecule has 0 bridgehead atoms. The van der Waals surface area contributed by atoms with Gasteiger partial charge < -0.3 is 20.3 Å². The summed E-state index contributed by atoms with van der Waals surface area (Å²) in [5, 5.41) is 9.30. The van der Waals surface area contributed by atoms with Crippen molar-refractivity contribution in [2.24, 2.45) is 5.73 Å². The van der Waals surface area contributed by atoms with Gasteiger partial charge in [0.25, 0.3) is 0 Å². The average molecular weight is 301 g/mol. The summed E-state index contributed by atoms with van der Waals surface area (Å²) in [5.41, 5.74) is 7.54. The van der Waals surface area contributed by atoms with E-state index in [1.165, 1.54) is 0 Å². The maximum Gasteiger partial charge on any atom is 0.321 e. The van der Waals surface area contributed by atoms with Crippen LogP contribution >= 0.6 is 0 Å². The first-order chi connectivity index (χ1) is 10.6. The largest absolute Gasteiger partial charge is 0.497 e. The summed E-state index contributed by atoms with van der Waals surface area (Å²) in [6.45, 7) is 0. The van der Waals surface area contributed by atoms with Crippen LogP contribution in [0.2, 0.25) is 0 Å². The van der Waals surface area contributed by atoms with E-state index in [0.717, 1.165) is 11.1 Å². The van der Waals surface area contributed by atoms with Crippen LogP contribution in [0, 0.1) is 0 Å². The molecule has 0 spiro atoms. The Hall–Kier alpha value is -2.53. The lowest BCUT2D eigenvalue weighted by Crippen LogP contribution is -2.37. The van der Waals surface area contributed by atoms with E-state index < -0.39 is 17.9 Å². The molecule has 0 saturated carbocycles. The van der Waals surface area contributed by atoms with Gasteiger partial charge in [0.2, 0.25) is 0 Å². The molecule has 0 aliphatic rings. The second kappa shape index (κ2) is 6.95. The van der Waals surface area contributed by atoms with Crippen molar-refractivity contribution in [2.45, 2.75) is 12.0 Å². The van der Waals surface area contributed by atoms with E-state index >= 15 is 0 Å². The van der Waals surface area contributed by atoms with Crippen molar-refractivity contribution < 1.29 is 19.4 Å². The number of benzene rings is 2. The first-order valence-corrected chi connectivity index (χ1v) is 6.83. The Morgan fingerprint density at radius 1 is 0.909 bits per heavy atom. The molecule has 5 nitrogen and oxygen atoms in total. The van der Waals surface area contributed by atoms with Crippen molar-refractivity contribution in [3.63, 3.8) is 0 Å². The van der Waals surface area contributed by atoms with E-state index in [2.05, 4.69) is 0 Å². The quantitative estimate of drug-likeness (QED) is 0.855. The zero-order chi connectivity index (χ0) is 16.1. The van der Waals surface area contributed by atoms with Crippen LogP contribution in [0.25, 0.3) is 0 Å². The first-order valence-electron chi connectivity index (χ1n) is 6.83. The summed E-state index contributed by atoms with van der Waals surface area (Å²) in [6.07, 6.45) is 0. The minimum atomic E-state index is -1.04. The molecular formula is C17H19NO4. The normalized spacial score (nSPS) is 12.0. The Labute approximate surface area is 129 Å². The molecule has 2 aromatic rings. The molecule has 0 saturated heterocycles. The highest BCUT2D eigenvalue weighted by atomic mass is 16.5. The molecule has 0 aliphatic heterocycles. The molecule has 1 atom stereocenters. The molecular weight excluding hydrogens is 282 g/mol. The molecule has 5 heteroatoms. The van der Waals surface area contributed by atoms with Crippen molar-refractivity contribution in [1.82, 2.24) is 0 Å². The van der Waals surface area contributed by atoms with Crippen molar-refractivity contribution >= 4 is 5.97 Å². The van der Waals surface area contributed by atoms with E-state index in [-0.39, 0.29) is 0 Å². The molecule has 22 heavy (non-hydrogen) atoms. The number of ether oxygens (including phenoxy) is 2. The van der Waals surface area contributed by atoms with Gasteiger partial charge in [0.05, 0.1) is 14.2 Å². The zero-order valence-electron chi connectivity index (χ0n) is 12.5. The summed E-state index contributed by atoms with van der Waals surface area (Å²) < 4.78 is 10.3. The molecule has 0 fully saturated rings. The molecule has 2 aromatic carbocycles. The maximum absolute atomic E-state index is 11.4. The van der Waals surface area contributed by atoms with Gasteiger partial charge in [-0.25, -0.2) is 0 Å². The van der Waals surface area contributed by atoms with Crippen LogP contribution in [0.1, 0.15) is 17.0 Å². The predicted octanol–water partition coefficient (Wildman–Crippen LogP) is 2.25. The Bertz CT molecular complexity index is 575. The molecule has 0 amide bonds. The van der Waals surface area contributed by atoms with Gasteiger partial charge in [-0.05, 0) is 35.4 Å². The van der Waals surface area contributed by atoms with E-state index in [1.807, 2.05) is 24.3 Å². The number of carbonyl (C=O) groups is 1. The average Bonchev–Trinajstić information content (AvgIpc) is 2.56. The predicted molar refractivity (Wildman–Crippen MR) is 83.4 cm³/mol. The number of carboxylic acids is 1. The topological polar surface area (TPSA) is 81.8 Å². The highest BCUT2D eigenvalue weighted by Gasteiger charge is 2.27. The summed E-state index contributed by atoms with van der Waals surface area (Å²) in [5.74, 6) is -0.0757. The minimum absolute atomic E-state index is 0.450. The Kier molecular flexibility index (Phi) is 5.01. The standard InChI is InChI=1S/C17H19NO4/c1-21-13-7-3-11(4-8-13)15(16(18)17(19)20)12-5-9-14(22-2)10-6-12/h3-10,15-16H,18H2,1-2H3,(H,19,20)/t16-/m0/s1. The van der Waals surface area contributed by atoms with E-state index in [4.69, 9.17) is 15.2 Å². The Balaban J connectivity index is 2.42. The van der Waals surface area contributed by atoms with Gasteiger partial charge in [-0.1, -0.05) is 24.3 Å². The summed E-state index contributed by atoms with van der Waals surface area (Å²) in [7, 11) is 3.16. The van der Waals surface area contributed by atoms with Crippen LogP contribution < -0.4 is 15.2 Å². The second-order valence-corrected chi connectivity index (χ2v) is 4.89. The fraction of sp³-hybridized carbons (Fsp3) is 0.235. The Morgan fingerprint density at radius 2 is 1.27 bits per heavy atom. The number of methoxy groups -OCH3 is 2. The third-order valence-electron chi connectivity index (χ3n) is 3.59. The summed E-state index contributed by atoms with van der Waals surface area (Å²) >= 11 is 0. The SMILES string of the molecule is COc1ccc(C(c2ccc(OC)cc2)[C@H](N)C(=O)O)cc1. The smallest absolute Gasteiger partial charge is 0.321 e. The molecule has 0 aromatic heterocycles. The molecule has 0 unspecified atom stereocenters. The molecule has 0 heterocycles.